The second-order valence-corrected chi connectivity index (χ2v) is 8.81. The first-order valence-corrected chi connectivity index (χ1v) is 9.19. The summed E-state index contributed by atoms with van der Waals surface area (Å²) < 4.78 is 0. The molecule has 2 saturated carbocycles. The van der Waals surface area contributed by atoms with E-state index in [0.29, 0.717) is 29.3 Å². The quantitative estimate of drug-likeness (QED) is 0.835. The maximum atomic E-state index is 12.3. The Balaban J connectivity index is 0.00000161. The van der Waals surface area contributed by atoms with Crippen molar-refractivity contribution in [2.45, 2.75) is 58.5 Å². The molecule has 1 saturated heterocycles. The van der Waals surface area contributed by atoms with Crippen LogP contribution in [0.5, 0.6) is 0 Å². The van der Waals surface area contributed by atoms with E-state index in [1.807, 2.05) is 11.8 Å². The van der Waals surface area contributed by atoms with Crippen molar-refractivity contribution >= 4 is 30.1 Å². The predicted octanol–water partition coefficient (Wildman–Crippen LogP) is 2.83. The Morgan fingerprint density at radius 2 is 2.14 bits per heavy atom. The van der Waals surface area contributed by atoms with Crippen LogP contribution in [0.4, 0.5) is 0 Å². The Hall–Kier alpha value is 0.0700. The molecule has 2 aliphatic carbocycles. The average molecular weight is 333 g/mol. The molecule has 1 heterocycles. The smallest absolute Gasteiger partial charge is 0.221 e. The Bertz CT molecular complexity index is 398. The van der Waals surface area contributed by atoms with E-state index in [1.54, 1.807) is 0 Å². The van der Waals surface area contributed by atoms with Crippen LogP contribution in [0.25, 0.3) is 0 Å². The van der Waals surface area contributed by atoms with Crippen molar-refractivity contribution in [1.29, 1.82) is 0 Å². The van der Waals surface area contributed by atoms with Crippen LogP contribution in [0.3, 0.4) is 0 Å². The summed E-state index contributed by atoms with van der Waals surface area (Å²) in [5, 5.41) is 6.82. The molecule has 0 radical (unpaired) electrons. The molecule has 21 heavy (non-hydrogen) atoms. The molecular formula is C16H29ClN2OS. The van der Waals surface area contributed by atoms with Crippen LogP contribution in [-0.4, -0.2) is 36.0 Å². The maximum Gasteiger partial charge on any atom is 0.221 e. The van der Waals surface area contributed by atoms with E-state index in [1.165, 1.54) is 25.0 Å². The summed E-state index contributed by atoms with van der Waals surface area (Å²) in [5.74, 6) is 3.29. The molecule has 2 bridgehead atoms. The summed E-state index contributed by atoms with van der Waals surface area (Å²) in [6.45, 7) is 8.23. The molecule has 4 unspecified atom stereocenters. The molecule has 0 aromatic rings. The van der Waals surface area contributed by atoms with Crippen molar-refractivity contribution in [2.75, 3.05) is 18.1 Å². The van der Waals surface area contributed by atoms with Gasteiger partial charge in [0.2, 0.25) is 5.91 Å². The lowest BCUT2D eigenvalue weighted by Crippen LogP contribution is -2.49. The topological polar surface area (TPSA) is 41.1 Å². The van der Waals surface area contributed by atoms with Gasteiger partial charge < -0.3 is 10.6 Å². The molecule has 0 aromatic carbocycles. The van der Waals surface area contributed by atoms with Gasteiger partial charge in [-0.15, -0.1) is 12.4 Å². The molecule has 3 fully saturated rings. The third-order valence-corrected chi connectivity index (χ3v) is 7.69. The molecular weight excluding hydrogens is 304 g/mol. The molecule has 2 N–H and O–H groups in total. The third-order valence-electron chi connectivity index (χ3n) is 6.56. The second kappa shape index (κ2) is 6.29. The first-order valence-electron chi connectivity index (χ1n) is 8.04. The summed E-state index contributed by atoms with van der Waals surface area (Å²) >= 11 is 1.96. The van der Waals surface area contributed by atoms with Crippen molar-refractivity contribution in [3.05, 3.63) is 0 Å². The van der Waals surface area contributed by atoms with Crippen LogP contribution in [0.15, 0.2) is 0 Å². The maximum absolute atomic E-state index is 12.3. The van der Waals surface area contributed by atoms with Gasteiger partial charge in [-0.2, -0.15) is 11.8 Å². The molecule has 3 rings (SSSR count). The zero-order chi connectivity index (χ0) is 14.4. The number of thioether (sulfide) groups is 1. The number of amides is 1. The second-order valence-electron chi connectivity index (χ2n) is 7.66. The van der Waals surface area contributed by atoms with E-state index in [-0.39, 0.29) is 18.3 Å². The Kier molecular flexibility index (Phi) is 5.22. The molecule has 4 atom stereocenters. The predicted molar refractivity (Wildman–Crippen MR) is 92.1 cm³/mol. The first-order chi connectivity index (χ1) is 9.43. The van der Waals surface area contributed by atoms with Crippen LogP contribution < -0.4 is 10.6 Å². The third kappa shape index (κ3) is 2.96. The Labute approximate surface area is 139 Å². The molecule has 0 spiro atoms. The fraction of sp³-hybridized carbons (Fsp3) is 0.938. The summed E-state index contributed by atoms with van der Waals surface area (Å²) in [6, 6.07) is 0.758. The van der Waals surface area contributed by atoms with Gasteiger partial charge >= 0.3 is 0 Å². The lowest BCUT2D eigenvalue weighted by Gasteiger charge is -2.39. The summed E-state index contributed by atoms with van der Waals surface area (Å²) in [5.41, 5.74) is 0.673. The van der Waals surface area contributed by atoms with E-state index < -0.39 is 0 Å². The van der Waals surface area contributed by atoms with Gasteiger partial charge in [0.25, 0.3) is 0 Å². The summed E-state index contributed by atoms with van der Waals surface area (Å²) in [4.78, 5) is 12.3. The Morgan fingerprint density at radius 3 is 2.67 bits per heavy atom. The molecule has 3 nitrogen and oxygen atoms in total. The fourth-order valence-electron chi connectivity index (χ4n) is 4.65. The van der Waals surface area contributed by atoms with Gasteiger partial charge in [0.15, 0.2) is 0 Å². The molecule has 0 aromatic heterocycles. The van der Waals surface area contributed by atoms with Gasteiger partial charge in [-0.25, -0.2) is 0 Å². The highest BCUT2D eigenvalue weighted by atomic mass is 35.5. The van der Waals surface area contributed by atoms with Crippen molar-refractivity contribution in [3.63, 3.8) is 0 Å². The van der Waals surface area contributed by atoms with Gasteiger partial charge in [0.1, 0.15) is 0 Å². The van der Waals surface area contributed by atoms with Crippen molar-refractivity contribution in [1.82, 2.24) is 10.6 Å². The summed E-state index contributed by atoms with van der Waals surface area (Å²) in [6.07, 6.45) is 4.44. The van der Waals surface area contributed by atoms with E-state index in [0.717, 1.165) is 18.2 Å². The minimum atomic E-state index is 0. The van der Waals surface area contributed by atoms with Gasteiger partial charge in [-0.1, -0.05) is 20.8 Å². The average Bonchev–Trinajstić information content (AvgIpc) is 2.73. The van der Waals surface area contributed by atoms with Crippen molar-refractivity contribution < 1.29 is 4.79 Å². The van der Waals surface area contributed by atoms with Crippen LogP contribution in [-0.2, 0) is 4.79 Å². The summed E-state index contributed by atoms with van der Waals surface area (Å²) in [7, 11) is 0. The number of carbonyl (C=O) groups is 1. The van der Waals surface area contributed by atoms with Crippen molar-refractivity contribution in [2.24, 2.45) is 16.7 Å². The van der Waals surface area contributed by atoms with Crippen LogP contribution in [0, 0.1) is 16.7 Å². The van der Waals surface area contributed by atoms with Crippen LogP contribution in [0.2, 0.25) is 0 Å². The van der Waals surface area contributed by atoms with E-state index in [9.17, 15) is 4.79 Å². The number of fused-ring (bicyclic) bond motifs is 2. The number of hydrogen-bond acceptors (Lipinski definition) is 3. The number of hydrogen-bond donors (Lipinski definition) is 2. The Morgan fingerprint density at radius 1 is 1.38 bits per heavy atom. The van der Waals surface area contributed by atoms with E-state index in [4.69, 9.17) is 0 Å². The molecule has 1 aliphatic heterocycles. The SMILES string of the molecule is CC1(C)C2CCC1(C)C(NC(=O)CC1CSCCN1)C2.Cl. The number of carbonyl (C=O) groups excluding carboxylic acids is 1. The highest BCUT2D eigenvalue weighted by molar-refractivity contribution is 7.99. The molecule has 122 valence electrons. The minimum absolute atomic E-state index is 0. The largest absolute Gasteiger partial charge is 0.353 e. The highest BCUT2D eigenvalue weighted by Crippen LogP contribution is 2.65. The number of rotatable bonds is 3. The molecule has 3 aliphatic rings. The normalized spacial score (nSPS) is 40.6. The standard InChI is InChI=1S/C16H28N2OS.ClH/c1-15(2)11-4-5-16(15,3)13(8-11)18-14(19)9-12-10-20-7-6-17-12;/h11-13,17H,4-10H2,1-3H3,(H,18,19);1H. The van der Waals surface area contributed by atoms with Crippen LogP contribution >= 0.6 is 24.2 Å². The zero-order valence-corrected chi connectivity index (χ0v) is 15.0. The van der Waals surface area contributed by atoms with E-state index in [2.05, 4.69) is 31.4 Å². The zero-order valence-electron chi connectivity index (χ0n) is 13.4. The monoisotopic (exact) mass is 332 g/mol. The van der Waals surface area contributed by atoms with Gasteiger partial charge in [0.05, 0.1) is 0 Å². The minimum Gasteiger partial charge on any atom is -0.353 e. The molecule has 5 heteroatoms. The number of halogens is 1. The highest BCUT2D eigenvalue weighted by Gasteiger charge is 2.61. The number of nitrogens with one attached hydrogen (secondary N) is 2. The fourth-order valence-corrected chi connectivity index (χ4v) is 5.60. The lowest BCUT2D eigenvalue weighted by atomic mass is 9.69. The van der Waals surface area contributed by atoms with Gasteiger partial charge in [0, 0.05) is 36.6 Å². The molecule has 1 amide bonds. The van der Waals surface area contributed by atoms with Gasteiger partial charge in [-0.3, -0.25) is 4.79 Å². The lowest BCUT2D eigenvalue weighted by molar-refractivity contribution is -0.123. The van der Waals surface area contributed by atoms with Gasteiger partial charge in [-0.05, 0) is 36.0 Å². The van der Waals surface area contributed by atoms with Crippen LogP contribution in [0.1, 0.15) is 46.5 Å². The van der Waals surface area contributed by atoms with Crippen molar-refractivity contribution in [3.8, 4) is 0 Å². The van der Waals surface area contributed by atoms with E-state index >= 15 is 0 Å². The first kappa shape index (κ1) is 17.4.